The molecule has 2 aromatic carbocycles. The van der Waals surface area contributed by atoms with Gasteiger partial charge in [-0.25, -0.2) is 0 Å². The molecule has 0 atom stereocenters. The molecular weight excluding hydrogens is 218 g/mol. The van der Waals surface area contributed by atoms with Crippen LogP contribution in [-0.2, 0) is 5.41 Å². The molecule has 1 heterocycles. The lowest BCUT2D eigenvalue weighted by Gasteiger charge is -2.40. The van der Waals surface area contributed by atoms with E-state index in [1.165, 1.54) is 22.5 Å². The van der Waals surface area contributed by atoms with Gasteiger partial charge in [-0.1, -0.05) is 57.7 Å². The molecule has 0 aromatic heterocycles. The molecule has 0 saturated carbocycles. The van der Waals surface area contributed by atoms with E-state index < -0.39 is 0 Å². The fourth-order valence-electron chi connectivity index (χ4n) is 2.86. The Morgan fingerprint density at radius 3 is 1.61 bits per heavy atom. The van der Waals surface area contributed by atoms with E-state index in [-0.39, 0.29) is 12.8 Å². The summed E-state index contributed by atoms with van der Waals surface area (Å²) in [7, 11) is 2.15. The third-order valence-electron chi connectivity index (χ3n) is 3.88. The second kappa shape index (κ2) is 4.16. The van der Waals surface area contributed by atoms with Gasteiger partial charge in [0.2, 0.25) is 0 Å². The first-order valence-corrected chi connectivity index (χ1v) is 6.05. The summed E-state index contributed by atoms with van der Waals surface area (Å²) >= 11 is 0. The summed E-state index contributed by atoms with van der Waals surface area (Å²) < 4.78 is 0. The zero-order valence-corrected chi connectivity index (χ0v) is 10.6. The summed E-state index contributed by atoms with van der Waals surface area (Å²) in [6.07, 6.45) is 0. The minimum absolute atomic E-state index is 0. The molecule has 1 aliphatic rings. The molecule has 1 nitrogen and oxygen atoms in total. The van der Waals surface area contributed by atoms with Crippen molar-refractivity contribution in [1.82, 2.24) is 0 Å². The number of nitrogens with zero attached hydrogens (tertiary/aromatic N) is 1. The monoisotopic (exact) mass is 239 g/mol. The van der Waals surface area contributed by atoms with E-state index in [0.717, 1.165) is 0 Å². The summed E-state index contributed by atoms with van der Waals surface area (Å²) in [6.45, 7) is 4.61. The largest absolute Gasteiger partial charge is 0.344 e. The van der Waals surface area contributed by atoms with Crippen LogP contribution >= 0.6 is 0 Å². The molecule has 0 saturated heterocycles. The highest BCUT2D eigenvalue weighted by Gasteiger charge is 2.34. The van der Waals surface area contributed by atoms with Gasteiger partial charge < -0.3 is 4.90 Å². The zero-order valence-electron chi connectivity index (χ0n) is 10.6. The van der Waals surface area contributed by atoms with Gasteiger partial charge >= 0.3 is 0 Å². The fourth-order valence-corrected chi connectivity index (χ4v) is 2.86. The molecule has 1 aliphatic heterocycles. The van der Waals surface area contributed by atoms with Crippen LogP contribution in [0.2, 0.25) is 0 Å². The Bertz CT molecular complexity index is 520. The maximum Gasteiger partial charge on any atom is 0.0449 e. The highest BCUT2D eigenvalue weighted by Crippen LogP contribution is 2.47. The van der Waals surface area contributed by atoms with Gasteiger partial charge in [-0.15, -0.1) is 0 Å². The SMILES string of the molecule is C.CN1c2ccccc2C(C)(C)c2ccccc21. The lowest BCUT2D eigenvalue weighted by Crippen LogP contribution is -2.30. The molecule has 0 amide bonds. The van der Waals surface area contributed by atoms with Crippen molar-refractivity contribution in [2.45, 2.75) is 26.7 Å². The van der Waals surface area contributed by atoms with Gasteiger partial charge in [-0.3, -0.25) is 0 Å². The molecule has 0 unspecified atom stereocenters. The van der Waals surface area contributed by atoms with Crippen molar-refractivity contribution >= 4 is 11.4 Å². The third-order valence-corrected chi connectivity index (χ3v) is 3.88. The van der Waals surface area contributed by atoms with Gasteiger partial charge in [0.05, 0.1) is 0 Å². The van der Waals surface area contributed by atoms with E-state index in [1.54, 1.807) is 0 Å². The van der Waals surface area contributed by atoms with Gasteiger partial charge in [0.1, 0.15) is 0 Å². The van der Waals surface area contributed by atoms with Gasteiger partial charge in [0, 0.05) is 23.8 Å². The number of rotatable bonds is 0. The predicted molar refractivity (Wildman–Crippen MR) is 79.8 cm³/mol. The van der Waals surface area contributed by atoms with Crippen LogP contribution in [0.4, 0.5) is 11.4 Å². The summed E-state index contributed by atoms with van der Waals surface area (Å²) in [4.78, 5) is 2.29. The van der Waals surface area contributed by atoms with Crippen LogP contribution < -0.4 is 4.90 Å². The van der Waals surface area contributed by atoms with Crippen molar-refractivity contribution in [2.24, 2.45) is 0 Å². The number of fused-ring (bicyclic) bond motifs is 2. The number of hydrogen-bond acceptors (Lipinski definition) is 1. The minimum Gasteiger partial charge on any atom is -0.344 e. The van der Waals surface area contributed by atoms with Crippen LogP contribution in [0.25, 0.3) is 0 Å². The molecule has 0 radical (unpaired) electrons. The predicted octanol–water partition coefficient (Wildman–Crippen LogP) is 4.73. The molecule has 0 spiro atoms. The Labute approximate surface area is 110 Å². The third kappa shape index (κ3) is 1.54. The van der Waals surface area contributed by atoms with Gasteiger partial charge in [-0.05, 0) is 23.3 Å². The van der Waals surface area contributed by atoms with Crippen molar-refractivity contribution in [3.63, 3.8) is 0 Å². The number of para-hydroxylation sites is 2. The van der Waals surface area contributed by atoms with Crippen molar-refractivity contribution < 1.29 is 0 Å². The van der Waals surface area contributed by atoms with Crippen molar-refractivity contribution in [2.75, 3.05) is 11.9 Å². The number of anilines is 2. The molecule has 94 valence electrons. The summed E-state index contributed by atoms with van der Waals surface area (Å²) in [5.74, 6) is 0. The molecule has 18 heavy (non-hydrogen) atoms. The molecule has 0 fully saturated rings. The van der Waals surface area contributed by atoms with Gasteiger partial charge in [0.15, 0.2) is 0 Å². The first kappa shape index (κ1) is 12.7. The average Bonchev–Trinajstić information content (AvgIpc) is 2.37. The van der Waals surface area contributed by atoms with Crippen LogP contribution in [0.15, 0.2) is 48.5 Å². The summed E-state index contributed by atoms with van der Waals surface area (Å²) in [5, 5.41) is 0. The van der Waals surface area contributed by atoms with Crippen LogP contribution in [0.5, 0.6) is 0 Å². The van der Waals surface area contributed by atoms with Gasteiger partial charge in [-0.2, -0.15) is 0 Å². The normalized spacial score (nSPS) is 15.4. The molecule has 1 heteroatoms. The van der Waals surface area contributed by atoms with Gasteiger partial charge in [0.25, 0.3) is 0 Å². The maximum atomic E-state index is 2.30. The topological polar surface area (TPSA) is 3.24 Å². The van der Waals surface area contributed by atoms with E-state index in [0.29, 0.717) is 0 Å². The highest BCUT2D eigenvalue weighted by molar-refractivity contribution is 5.77. The van der Waals surface area contributed by atoms with Crippen LogP contribution in [0.1, 0.15) is 32.4 Å². The molecule has 0 aliphatic carbocycles. The second-order valence-electron chi connectivity index (χ2n) is 5.22. The average molecular weight is 239 g/mol. The van der Waals surface area contributed by atoms with Crippen molar-refractivity contribution in [3.8, 4) is 0 Å². The first-order valence-electron chi connectivity index (χ1n) is 6.05. The Morgan fingerprint density at radius 1 is 0.778 bits per heavy atom. The lowest BCUT2D eigenvalue weighted by atomic mass is 9.74. The molecular formula is C17H21N. The lowest BCUT2D eigenvalue weighted by molar-refractivity contribution is 0.629. The molecule has 0 bridgehead atoms. The van der Waals surface area contributed by atoms with E-state index in [2.05, 4.69) is 74.3 Å². The van der Waals surface area contributed by atoms with E-state index >= 15 is 0 Å². The Kier molecular flexibility index (Phi) is 2.94. The zero-order chi connectivity index (χ0) is 12.0. The standard InChI is InChI=1S/C16H17N.CH4/c1-16(2)12-8-4-6-10-14(12)17(3)15-11-7-5-9-13(15)16;/h4-11H,1-3H3;1H4. The van der Waals surface area contributed by atoms with E-state index in [4.69, 9.17) is 0 Å². The molecule has 0 N–H and O–H groups in total. The van der Waals surface area contributed by atoms with Crippen molar-refractivity contribution in [3.05, 3.63) is 59.7 Å². The fraction of sp³-hybridized carbons (Fsp3) is 0.294. The van der Waals surface area contributed by atoms with Crippen molar-refractivity contribution in [1.29, 1.82) is 0 Å². The van der Waals surface area contributed by atoms with Crippen LogP contribution in [0, 0.1) is 0 Å². The van der Waals surface area contributed by atoms with E-state index in [9.17, 15) is 0 Å². The summed E-state index contributed by atoms with van der Waals surface area (Å²) in [6, 6.07) is 17.4. The maximum absolute atomic E-state index is 2.30. The Morgan fingerprint density at radius 2 is 1.17 bits per heavy atom. The Hall–Kier alpha value is -1.76. The molecule has 2 aromatic rings. The minimum atomic E-state index is 0. The smallest absolute Gasteiger partial charge is 0.0449 e. The first-order chi connectivity index (χ1) is 8.12. The van der Waals surface area contributed by atoms with Crippen LogP contribution in [-0.4, -0.2) is 7.05 Å². The number of benzene rings is 2. The Balaban J connectivity index is 0.00000120. The quantitative estimate of drug-likeness (QED) is 0.642. The summed E-state index contributed by atoms with van der Waals surface area (Å²) in [5.41, 5.74) is 5.52. The van der Waals surface area contributed by atoms with Crippen LogP contribution in [0.3, 0.4) is 0 Å². The second-order valence-corrected chi connectivity index (χ2v) is 5.22. The number of hydrogen-bond donors (Lipinski definition) is 0. The highest BCUT2D eigenvalue weighted by atomic mass is 15.1. The molecule has 3 rings (SSSR count). The van der Waals surface area contributed by atoms with E-state index in [1.807, 2.05) is 0 Å².